The fourth-order valence-electron chi connectivity index (χ4n) is 3.54. The van der Waals surface area contributed by atoms with Crippen molar-refractivity contribution in [2.75, 3.05) is 0 Å². The van der Waals surface area contributed by atoms with Crippen LogP contribution in [0, 0.1) is 10.1 Å². The lowest BCUT2D eigenvalue weighted by Gasteiger charge is -2.34. The number of benzene rings is 1. The van der Waals surface area contributed by atoms with Gasteiger partial charge in [0.15, 0.2) is 0 Å². The zero-order valence-corrected chi connectivity index (χ0v) is 13.0. The number of nitrogens with zero attached hydrogens (tertiary/aromatic N) is 2. The van der Waals surface area contributed by atoms with Gasteiger partial charge in [0.1, 0.15) is 11.4 Å². The highest BCUT2D eigenvalue weighted by Crippen LogP contribution is 2.44. The number of nitro benzene ring substituents is 1. The van der Waals surface area contributed by atoms with Crippen molar-refractivity contribution in [3.63, 3.8) is 0 Å². The second kappa shape index (κ2) is 5.33. The van der Waals surface area contributed by atoms with Gasteiger partial charge < -0.3 is 4.74 Å². The summed E-state index contributed by atoms with van der Waals surface area (Å²) in [5.74, 6) is 0.593. The predicted octanol–water partition coefficient (Wildman–Crippen LogP) is 3.35. The summed E-state index contributed by atoms with van der Waals surface area (Å²) in [5, 5.41) is 11.1. The monoisotopic (exact) mass is 324 g/mol. The first-order valence-electron chi connectivity index (χ1n) is 7.97. The van der Waals surface area contributed by atoms with Crippen molar-refractivity contribution in [3.05, 3.63) is 74.7 Å². The van der Waals surface area contributed by atoms with Crippen LogP contribution in [0.5, 0.6) is 5.75 Å². The van der Waals surface area contributed by atoms with Crippen molar-refractivity contribution >= 4 is 11.4 Å². The van der Waals surface area contributed by atoms with Crippen LogP contribution in [-0.4, -0.2) is 15.1 Å². The van der Waals surface area contributed by atoms with Gasteiger partial charge in [-0.25, -0.2) is 0 Å². The number of fused-ring (bicyclic) bond motifs is 1. The molecule has 2 aliphatic rings. The summed E-state index contributed by atoms with van der Waals surface area (Å²) in [6, 6.07) is 9.48. The van der Waals surface area contributed by atoms with E-state index in [0.29, 0.717) is 17.0 Å². The van der Waals surface area contributed by atoms with E-state index in [1.54, 1.807) is 24.4 Å². The fraction of sp³-hybridized carbons (Fsp3) is 0.278. The van der Waals surface area contributed by atoms with E-state index in [0.717, 1.165) is 25.7 Å². The lowest BCUT2D eigenvalue weighted by molar-refractivity contribution is -0.384. The minimum absolute atomic E-state index is 0.0189. The Labute approximate surface area is 138 Å². The maximum Gasteiger partial charge on any atom is 0.270 e. The van der Waals surface area contributed by atoms with E-state index in [2.05, 4.69) is 0 Å². The van der Waals surface area contributed by atoms with Crippen LogP contribution in [0.3, 0.4) is 0 Å². The average Bonchev–Trinajstić information content (AvgIpc) is 3.02. The number of ether oxygens (including phenoxy) is 1. The minimum atomic E-state index is -0.439. The van der Waals surface area contributed by atoms with Gasteiger partial charge in [-0.1, -0.05) is 6.07 Å². The Morgan fingerprint density at radius 1 is 1.17 bits per heavy atom. The molecule has 1 fully saturated rings. The quantitative estimate of drug-likeness (QED) is 0.627. The van der Waals surface area contributed by atoms with E-state index < -0.39 is 10.5 Å². The molecule has 4 rings (SSSR count). The van der Waals surface area contributed by atoms with Gasteiger partial charge >= 0.3 is 0 Å². The smallest absolute Gasteiger partial charge is 0.270 e. The number of nitro groups is 1. The molecule has 1 aromatic heterocycles. The Morgan fingerprint density at radius 2 is 1.96 bits per heavy atom. The molecule has 0 radical (unpaired) electrons. The maximum atomic E-state index is 12.3. The molecule has 0 unspecified atom stereocenters. The van der Waals surface area contributed by atoms with Crippen LogP contribution < -0.4 is 10.3 Å². The van der Waals surface area contributed by atoms with Crippen LogP contribution in [0.1, 0.15) is 31.2 Å². The van der Waals surface area contributed by atoms with Crippen molar-refractivity contribution < 1.29 is 9.66 Å². The summed E-state index contributed by atoms with van der Waals surface area (Å²) in [4.78, 5) is 23.0. The highest BCUT2D eigenvalue weighted by molar-refractivity contribution is 5.75. The van der Waals surface area contributed by atoms with Crippen molar-refractivity contribution in [1.29, 1.82) is 0 Å². The lowest BCUT2D eigenvalue weighted by atomic mass is 9.94. The molecule has 1 aliphatic heterocycles. The summed E-state index contributed by atoms with van der Waals surface area (Å²) in [5.41, 5.74) is 0.627. The Kier molecular flexibility index (Phi) is 3.26. The molecule has 6 heteroatoms. The number of pyridine rings is 1. The third-order valence-electron chi connectivity index (χ3n) is 4.69. The van der Waals surface area contributed by atoms with E-state index in [-0.39, 0.29) is 11.2 Å². The van der Waals surface area contributed by atoms with Gasteiger partial charge in [0.05, 0.1) is 10.6 Å². The highest BCUT2D eigenvalue weighted by Gasteiger charge is 2.39. The van der Waals surface area contributed by atoms with Crippen LogP contribution in [0.4, 0.5) is 5.69 Å². The standard InChI is InChI=1S/C18H16N2O4/c21-17-5-1-4-10-19(17)15-12-18(8-2-3-9-18)24-16-7-6-13(20(22)23)11-14(15)16/h1,4-7,10-12H,2-3,8-9H2. The molecular weight excluding hydrogens is 308 g/mol. The molecule has 0 atom stereocenters. The second-order valence-electron chi connectivity index (χ2n) is 6.25. The van der Waals surface area contributed by atoms with Gasteiger partial charge in [-0.05, 0) is 43.9 Å². The van der Waals surface area contributed by atoms with E-state index in [1.165, 1.54) is 22.8 Å². The summed E-state index contributed by atoms with van der Waals surface area (Å²) in [7, 11) is 0. The van der Waals surface area contributed by atoms with E-state index in [9.17, 15) is 14.9 Å². The Hall–Kier alpha value is -2.89. The third kappa shape index (κ3) is 2.31. The normalized spacial score (nSPS) is 17.9. The molecule has 0 saturated heterocycles. The molecule has 1 aromatic carbocycles. The molecule has 122 valence electrons. The first-order chi connectivity index (χ1) is 11.6. The zero-order chi connectivity index (χ0) is 16.7. The molecule has 24 heavy (non-hydrogen) atoms. The van der Waals surface area contributed by atoms with E-state index >= 15 is 0 Å². The minimum Gasteiger partial charge on any atom is -0.482 e. The van der Waals surface area contributed by atoms with E-state index in [1.807, 2.05) is 6.08 Å². The molecule has 1 aliphatic carbocycles. The second-order valence-corrected chi connectivity index (χ2v) is 6.25. The average molecular weight is 324 g/mol. The molecule has 0 N–H and O–H groups in total. The SMILES string of the molecule is O=c1ccccn1C1=CC2(CCCC2)Oc2ccc([N+](=O)[O-])cc21. The van der Waals surface area contributed by atoms with Crippen LogP contribution in [0.2, 0.25) is 0 Å². The molecule has 2 heterocycles. The van der Waals surface area contributed by atoms with Gasteiger partial charge in [-0.15, -0.1) is 0 Å². The van der Waals surface area contributed by atoms with E-state index in [4.69, 9.17) is 4.74 Å². The highest BCUT2D eigenvalue weighted by atomic mass is 16.6. The number of hydrogen-bond acceptors (Lipinski definition) is 4. The largest absolute Gasteiger partial charge is 0.482 e. The molecule has 1 saturated carbocycles. The summed E-state index contributed by atoms with van der Waals surface area (Å²) < 4.78 is 7.73. The number of aromatic nitrogens is 1. The van der Waals surface area contributed by atoms with Crippen molar-refractivity contribution in [1.82, 2.24) is 4.57 Å². The molecule has 0 bridgehead atoms. The summed E-state index contributed by atoms with van der Waals surface area (Å²) >= 11 is 0. The number of rotatable bonds is 2. The van der Waals surface area contributed by atoms with Gasteiger partial charge in [0.25, 0.3) is 11.2 Å². The first kappa shape index (κ1) is 14.7. The van der Waals surface area contributed by atoms with Gasteiger partial charge in [0.2, 0.25) is 0 Å². The summed E-state index contributed by atoms with van der Waals surface area (Å²) in [6.45, 7) is 0. The lowest BCUT2D eigenvalue weighted by Crippen LogP contribution is -2.35. The zero-order valence-electron chi connectivity index (χ0n) is 13.0. The molecule has 2 aromatic rings. The van der Waals surface area contributed by atoms with Crippen LogP contribution in [0.25, 0.3) is 5.70 Å². The first-order valence-corrected chi connectivity index (χ1v) is 7.97. The fourth-order valence-corrected chi connectivity index (χ4v) is 3.54. The van der Waals surface area contributed by atoms with Gasteiger partial charge in [-0.3, -0.25) is 19.5 Å². The third-order valence-corrected chi connectivity index (χ3v) is 4.69. The summed E-state index contributed by atoms with van der Waals surface area (Å²) in [6.07, 6.45) is 7.55. The molecule has 6 nitrogen and oxygen atoms in total. The van der Waals surface area contributed by atoms with Crippen LogP contribution in [0.15, 0.2) is 53.5 Å². The van der Waals surface area contributed by atoms with Crippen molar-refractivity contribution in [2.24, 2.45) is 0 Å². The van der Waals surface area contributed by atoms with Crippen molar-refractivity contribution in [3.8, 4) is 5.75 Å². The molecular formula is C18H16N2O4. The molecule has 0 amide bonds. The maximum absolute atomic E-state index is 12.3. The van der Waals surface area contributed by atoms with Crippen LogP contribution >= 0.6 is 0 Å². The Bertz CT molecular complexity index is 907. The van der Waals surface area contributed by atoms with Crippen molar-refractivity contribution in [2.45, 2.75) is 31.3 Å². The molecule has 1 spiro atoms. The predicted molar refractivity (Wildman–Crippen MR) is 89.0 cm³/mol. The number of hydrogen-bond donors (Lipinski definition) is 0. The Morgan fingerprint density at radius 3 is 2.67 bits per heavy atom. The Balaban J connectivity index is 1.95. The van der Waals surface area contributed by atoms with Gasteiger partial charge in [-0.2, -0.15) is 0 Å². The van der Waals surface area contributed by atoms with Crippen LogP contribution in [-0.2, 0) is 0 Å². The van der Waals surface area contributed by atoms with Gasteiger partial charge in [0, 0.05) is 30.0 Å². The topological polar surface area (TPSA) is 74.4 Å². The number of non-ortho nitro benzene ring substituents is 1.